The van der Waals surface area contributed by atoms with Crippen LogP contribution in [0, 0.1) is 0 Å². The van der Waals surface area contributed by atoms with Crippen molar-refractivity contribution in [3.05, 3.63) is 173 Å². The maximum atomic E-state index is 14.8. The molecule has 6 amide bonds. The van der Waals surface area contributed by atoms with Gasteiger partial charge in [-0.1, -0.05) is 133 Å². The van der Waals surface area contributed by atoms with Gasteiger partial charge in [-0.3, -0.25) is 28.8 Å². The predicted octanol–water partition coefficient (Wildman–Crippen LogP) is 3.61. The highest BCUT2D eigenvalue weighted by Gasteiger charge is 2.36. The first-order valence-corrected chi connectivity index (χ1v) is 24.3. The molecule has 2 bridgehead atoms. The lowest BCUT2D eigenvalue weighted by atomic mass is 9.98. The van der Waals surface area contributed by atoms with E-state index in [9.17, 15) is 48.9 Å². The quantitative estimate of drug-likeness (QED) is 0.0771. The Morgan fingerprint density at radius 1 is 0.592 bits per heavy atom. The molecule has 368 valence electrons. The summed E-state index contributed by atoms with van der Waals surface area (Å²) in [5.74, 6) is -6.13. The minimum absolute atomic E-state index is 0.0345. The first-order chi connectivity index (χ1) is 34.3. The number of allylic oxidation sites excluding steroid dienone is 1. The van der Waals surface area contributed by atoms with Crippen LogP contribution in [0.4, 0.5) is 5.69 Å². The van der Waals surface area contributed by atoms with Crippen molar-refractivity contribution in [1.82, 2.24) is 26.6 Å². The molecule has 0 saturated heterocycles. The van der Waals surface area contributed by atoms with Crippen LogP contribution in [0.1, 0.15) is 41.5 Å². The summed E-state index contributed by atoms with van der Waals surface area (Å²) in [4.78, 5) is 98.3. The second kappa shape index (κ2) is 24.8. The molecule has 3 aliphatic rings. The number of fused-ring (bicyclic) bond motifs is 18. The molecule has 0 saturated carbocycles. The zero-order valence-electron chi connectivity index (χ0n) is 38.7. The van der Waals surface area contributed by atoms with Crippen molar-refractivity contribution in [2.24, 2.45) is 0 Å². The molecule has 17 heteroatoms. The van der Waals surface area contributed by atoms with Crippen molar-refractivity contribution in [2.75, 3.05) is 11.1 Å². The molecule has 71 heavy (non-hydrogen) atoms. The zero-order chi connectivity index (χ0) is 50.3. The second-order valence-corrected chi connectivity index (χ2v) is 18.6. The van der Waals surface area contributed by atoms with E-state index in [0.29, 0.717) is 29.5 Å². The number of aryl methyl sites for hydroxylation is 1. The smallest absolute Gasteiger partial charge is 0.326 e. The second-order valence-electron chi connectivity index (χ2n) is 17.4. The van der Waals surface area contributed by atoms with Crippen molar-refractivity contribution < 1.29 is 48.9 Å². The molecular formula is C54H56N6O10S. The van der Waals surface area contributed by atoms with Gasteiger partial charge in [0.2, 0.25) is 23.6 Å². The summed E-state index contributed by atoms with van der Waals surface area (Å²) in [6.07, 6.45) is -2.02. The minimum Gasteiger partial charge on any atom is -0.480 e. The normalized spacial score (nSPS) is 21.8. The third-order valence-electron chi connectivity index (χ3n) is 12.2. The number of carboxylic acid groups (broad SMARTS) is 1. The number of hydrogen-bond donors (Lipinski definition) is 9. The first-order valence-electron chi connectivity index (χ1n) is 23.3. The summed E-state index contributed by atoms with van der Waals surface area (Å²) in [6, 6.07) is 34.0. The van der Waals surface area contributed by atoms with E-state index in [1.54, 1.807) is 42.5 Å². The van der Waals surface area contributed by atoms with Crippen LogP contribution >= 0.6 is 11.8 Å². The minimum atomic E-state index is -2.32. The van der Waals surface area contributed by atoms with Crippen molar-refractivity contribution in [2.45, 2.75) is 87.4 Å². The highest BCUT2D eigenvalue weighted by Crippen LogP contribution is 2.29. The number of anilines is 1. The molecule has 0 radical (unpaired) electrons. The van der Waals surface area contributed by atoms with Crippen LogP contribution in [-0.4, -0.2) is 105 Å². The van der Waals surface area contributed by atoms with E-state index in [4.69, 9.17) is 0 Å². The Bertz CT molecular complexity index is 2690. The fourth-order valence-corrected chi connectivity index (χ4v) is 9.24. The number of nitrogens with one attached hydrogen (secondary N) is 6. The fourth-order valence-electron chi connectivity index (χ4n) is 8.22. The Kier molecular flexibility index (Phi) is 17.9. The van der Waals surface area contributed by atoms with Crippen LogP contribution < -0.4 is 31.9 Å². The number of carbonyl (C=O) groups excluding carboxylic acids is 6. The summed E-state index contributed by atoms with van der Waals surface area (Å²) in [6.45, 7) is 0. The standard InChI is InChI=1S/C54H56N6O10S/c61-46-47(62)53(68)59-44(32-40-17-10-28-71-40)51(66)58-42(29-35-18-23-38(24-19-35)37-15-8-3-9-16-37)49(64)56-41(27-22-33-11-4-1-5-12-33)48(63)57-43(30-36-20-25-39(26-21-36)55-52(46)67)50(65)60-45(54(69)70)31-34-13-6-2-7-14-34/h1-9,11-21,23-26,41-47,61-62H,10,22,27-32H2,(H,55,67)(H,56,64)(H,57,63)(H,58,66)(H,59,68)(H,60,65)(H,69,70)/t41-,42+,43+,44-,45-,46+,47+/m0/s1. The van der Waals surface area contributed by atoms with Crippen LogP contribution in [0.5, 0.6) is 0 Å². The first kappa shape index (κ1) is 51.3. The van der Waals surface area contributed by atoms with E-state index in [2.05, 4.69) is 31.9 Å². The number of carboxylic acids is 1. The van der Waals surface area contributed by atoms with Crippen LogP contribution in [0.25, 0.3) is 11.1 Å². The van der Waals surface area contributed by atoms with Crippen LogP contribution in [0.15, 0.2) is 151 Å². The molecule has 9 N–H and O–H groups in total. The van der Waals surface area contributed by atoms with Crippen LogP contribution in [0.3, 0.4) is 0 Å². The molecule has 0 aromatic heterocycles. The number of rotatable bonds is 13. The summed E-state index contributed by atoms with van der Waals surface area (Å²) in [5.41, 5.74) is 4.57. The fraction of sp³-hybridized carbons (Fsp3) is 0.278. The largest absolute Gasteiger partial charge is 0.480 e. The number of thioether (sulfide) groups is 1. The molecule has 0 fully saturated rings. The number of benzene rings is 5. The highest BCUT2D eigenvalue weighted by atomic mass is 32.2. The van der Waals surface area contributed by atoms with Gasteiger partial charge < -0.3 is 47.2 Å². The maximum Gasteiger partial charge on any atom is 0.326 e. The van der Waals surface area contributed by atoms with E-state index in [-0.39, 0.29) is 37.8 Å². The van der Waals surface area contributed by atoms with Gasteiger partial charge >= 0.3 is 5.97 Å². The SMILES string of the molecule is O=C(O)[C@H](Cc1ccccc1)NC(=O)[C@H]1Cc2ccc(cc2)NC(=O)[C@H](O)[C@@H](O)C(=O)N[C@@H](CC2=CCCS2)C(=O)N[C@H](Cc2ccc(-c3ccccc3)cc2)C(=O)N[C@@H](CCc2ccccc2)C(=O)N1. The summed E-state index contributed by atoms with van der Waals surface area (Å²) in [5, 5.41) is 48.0. The summed E-state index contributed by atoms with van der Waals surface area (Å²) in [7, 11) is 0. The maximum absolute atomic E-state index is 14.8. The Morgan fingerprint density at radius 3 is 1.76 bits per heavy atom. The molecule has 16 nitrogen and oxygen atoms in total. The lowest BCUT2D eigenvalue weighted by Gasteiger charge is -2.27. The molecule has 5 aromatic carbocycles. The number of aliphatic hydroxyl groups is 2. The van der Waals surface area contributed by atoms with E-state index in [0.717, 1.165) is 27.3 Å². The van der Waals surface area contributed by atoms with E-state index >= 15 is 0 Å². The van der Waals surface area contributed by atoms with Crippen molar-refractivity contribution in [3.63, 3.8) is 0 Å². The number of aliphatic carboxylic acids is 1. The zero-order valence-corrected chi connectivity index (χ0v) is 39.5. The van der Waals surface area contributed by atoms with Gasteiger partial charge in [0.15, 0.2) is 12.2 Å². The highest BCUT2D eigenvalue weighted by molar-refractivity contribution is 8.03. The Labute approximate surface area is 415 Å². The molecule has 5 aromatic rings. The molecule has 3 aliphatic heterocycles. The molecular weight excluding hydrogens is 925 g/mol. The topological polar surface area (TPSA) is 252 Å². The number of amides is 6. The predicted molar refractivity (Wildman–Crippen MR) is 268 cm³/mol. The summed E-state index contributed by atoms with van der Waals surface area (Å²) < 4.78 is 0. The van der Waals surface area contributed by atoms with E-state index < -0.39 is 83.8 Å². The van der Waals surface area contributed by atoms with Crippen molar-refractivity contribution >= 4 is 58.9 Å². The number of aliphatic hydroxyl groups excluding tert-OH is 2. The van der Waals surface area contributed by atoms with Gasteiger partial charge in [0.1, 0.15) is 30.2 Å². The third-order valence-corrected chi connectivity index (χ3v) is 13.3. The molecule has 0 spiro atoms. The lowest BCUT2D eigenvalue weighted by Crippen LogP contribution is -2.60. The average molecular weight is 981 g/mol. The van der Waals surface area contributed by atoms with Gasteiger partial charge in [-0.15, -0.1) is 11.8 Å². The molecule has 0 aliphatic carbocycles. The van der Waals surface area contributed by atoms with Crippen molar-refractivity contribution in [1.29, 1.82) is 0 Å². The Morgan fingerprint density at radius 2 is 1.14 bits per heavy atom. The van der Waals surface area contributed by atoms with Gasteiger partial charge in [-0.2, -0.15) is 0 Å². The van der Waals surface area contributed by atoms with Gasteiger partial charge in [0.25, 0.3) is 11.8 Å². The molecule has 3 heterocycles. The van der Waals surface area contributed by atoms with E-state index in [1.165, 1.54) is 36.0 Å². The van der Waals surface area contributed by atoms with Crippen LogP contribution in [-0.2, 0) is 59.2 Å². The van der Waals surface area contributed by atoms with E-state index in [1.807, 2.05) is 78.9 Å². The van der Waals surface area contributed by atoms with Crippen molar-refractivity contribution in [3.8, 4) is 11.1 Å². The van der Waals surface area contributed by atoms with Gasteiger partial charge in [-0.25, -0.2) is 4.79 Å². The number of carbonyl (C=O) groups is 7. The monoisotopic (exact) mass is 980 g/mol. The number of hydrogen-bond acceptors (Lipinski definition) is 10. The van der Waals surface area contributed by atoms with Gasteiger partial charge in [0.05, 0.1) is 0 Å². The van der Waals surface area contributed by atoms with Crippen LogP contribution in [0.2, 0.25) is 0 Å². The third kappa shape index (κ3) is 14.7. The molecule has 0 unspecified atom stereocenters. The summed E-state index contributed by atoms with van der Waals surface area (Å²) >= 11 is 1.47. The average Bonchev–Trinajstić information content (AvgIpc) is 3.90. The Balaban J connectivity index is 1.25. The lowest BCUT2D eigenvalue weighted by molar-refractivity contribution is -0.144. The Hall–Kier alpha value is -7.60. The van der Waals surface area contributed by atoms with Gasteiger partial charge in [-0.05, 0) is 69.7 Å². The molecule has 8 rings (SSSR count). The molecule has 7 atom stereocenters. The van der Waals surface area contributed by atoms with Gasteiger partial charge in [0, 0.05) is 37.1 Å².